The minimum atomic E-state index is -0.0550. The zero-order chi connectivity index (χ0) is 17.9. The van der Waals surface area contributed by atoms with E-state index in [1.807, 2.05) is 42.6 Å². The SMILES string of the molecule is O=C(NCc1ccccc1Cl)C1CN(c2cc(-n3cccn3)ncn2)C1. The highest BCUT2D eigenvalue weighted by Crippen LogP contribution is 2.24. The van der Waals surface area contributed by atoms with E-state index in [1.54, 1.807) is 10.9 Å². The molecule has 0 saturated carbocycles. The molecule has 0 bridgehead atoms. The first-order valence-corrected chi connectivity index (χ1v) is 8.66. The van der Waals surface area contributed by atoms with Gasteiger partial charge in [-0.2, -0.15) is 5.10 Å². The molecule has 1 saturated heterocycles. The molecular weight excluding hydrogens is 352 g/mol. The molecule has 1 amide bonds. The van der Waals surface area contributed by atoms with E-state index in [0.717, 1.165) is 11.4 Å². The summed E-state index contributed by atoms with van der Waals surface area (Å²) >= 11 is 6.11. The zero-order valence-corrected chi connectivity index (χ0v) is 14.7. The second-order valence-corrected chi connectivity index (χ2v) is 6.50. The molecule has 1 aliphatic heterocycles. The first kappa shape index (κ1) is 16.5. The van der Waals surface area contributed by atoms with Gasteiger partial charge in [-0.15, -0.1) is 0 Å². The van der Waals surface area contributed by atoms with Crippen LogP contribution in [-0.4, -0.2) is 38.7 Å². The van der Waals surface area contributed by atoms with Crippen LogP contribution in [0.3, 0.4) is 0 Å². The summed E-state index contributed by atoms with van der Waals surface area (Å²) in [6.45, 7) is 1.69. The average molecular weight is 369 g/mol. The summed E-state index contributed by atoms with van der Waals surface area (Å²) in [4.78, 5) is 22.9. The maximum absolute atomic E-state index is 12.3. The smallest absolute Gasteiger partial charge is 0.226 e. The van der Waals surface area contributed by atoms with Crippen molar-refractivity contribution >= 4 is 23.3 Å². The fourth-order valence-corrected chi connectivity index (χ4v) is 3.04. The lowest BCUT2D eigenvalue weighted by molar-refractivity contribution is -0.125. The van der Waals surface area contributed by atoms with Gasteiger partial charge < -0.3 is 10.2 Å². The number of anilines is 1. The van der Waals surface area contributed by atoms with Gasteiger partial charge in [-0.25, -0.2) is 14.6 Å². The van der Waals surface area contributed by atoms with Crippen molar-refractivity contribution < 1.29 is 4.79 Å². The van der Waals surface area contributed by atoms with Crippen LogP contribution in [0.15, 0.2) is 55.1 Å². The van der Waals surface area contributed by atoms with Crippen molar-refractivity contribution in [3.63, 3.8) is 0 Å². The number of amides is 1. The third-order valence-corrected chi connectivity index (χ3v) is 4.73. The summed E-state index contributed by atoms with van der Waals surface area (Å²) in [5, 5.41) is 7.78. The van der Waals surface area contributed by atoms with Gasteiger partial charge in [-0.05, 0) is 17.7 Å². The molecule has 0 spiro atoms. The van der Waals surface area contributed by atoms with E-state index in [9.17, 15) is 4.79 Å². The molecule has 0 aliphatic carbocycles. The molecule has 1 N–H and O–H groups in total. The predicted octanol–water partition coefficient (Wildman–Crippen LogP) is 2.07. The van der Waals surface area contributed by atoms with E-state index in [2.05, 4.69) is 25.3 Å². The molecule has 1 aliphatic rings. The van der Waals surface area contributed by atoms with Crippen LogP contribution in [-0.2, 0) is 11.3 Å². The van der Waals surface area contributed by atoms with Gasteiger partial charge in [0, 0.05) is 43.1 Å². The van der Waals surface area contributed by atoms with Gasteiger partial charge in [0.2, 0.25) is 5.91 Å². The molecule has 4 rings (SSSR count). The summed E-state index contributed by atoms with van der Waals surface area (Å²) in [5.74, 6) is 1.47. The number of benzene rings is 1. The summed E-state index contributed by atoms with van der Waals surface area (Å²) in [6, 6.07) is 11.2. The maximum atomic E-state index is 12.3. The van der Waals surface area contributed by atoms with Crippen molar-refractivity contribution in [2.24, 2.45) is 5.92 Å². The molecule has 7 nitrogen and oxygen atoms in total. The Morgan fingerprint density at radius 1 is 1.19 bits per heavy atom. The van der Waals surface area contributed by atoms with Gasteiger partial charge in [0.1, 0.15) is 12.1 Å². The lowest BCUT2D eigenvalue weighted by atomic mass is 9.99. The quantitative estimate of drug-likeness (QED) is 0.746. The van der Waals surface area contributed by atoms with Crippen molar-refractivity contribution in [1.29, 1.82) is 0 Å². The Morgan fingerprint density at radius 3 is 2.77 bits per heavy atom. The fourth-order valence-electron chi connectivity index (χ4n) is 2.84. The minimum absolute atomic E-state index is 0.0301. The minimum Gasteiger partial charge on any atom is -0.355 e. The predicted molar refractivity (Wildman–Crippen MR) is 98.2 cm³/mol. The first-order valence-electron chi connectivity index (χ1n) is 8.29. The van der Waals surface area contributed by atoms with Crippen LogP contribution in [0.25, 0.3) is 5.82 Å². The van der Waals surface area contributed by atoms with E-state index in [4.69, 9.17) is 11.6 Å². The molecule has 3 heterocycles. The van der Waals surface area contributed by atoms with Gasteiger partial charge in [0.15, 0.2) is 5.82 Å². The van der Waals surface area contributed by atoms with Gasteiger partial charge in [0.05, 0.1) is 5.92 Å². The number of halogens is 1. The van der Waals surface area contributed by atoms with Crippen LogP contribution in [0.1, 0.15) is 5.56 Å². The van der Waals surface area contributed by atoms with Gasteiger partial charge in [-0.1, -0.05) is 29.8 Å². The average Bonchev–Trinajstić information content (AvgIpc) is 3.15. The lowest BCUT2D eigenvalue weighted by Crippen LogP contribution is -2.54. The number of hydrogen-bond acceptors (Lipinski definition) is 5. The number of nitrogens with zero attached hydrogens (tertiary/aromatic N) is 5. The highest BCUT2D eigenvalue weighted by Gasteiger charge is 2.33. The molecule has 2 aromatic heterocycles. The molecule has 0 unspecified atom stereocenters. The van der Waals surface area contributed by atoms with E-state index in [-0.39, 0.29) is 11.8 Å². The van der Waals surface area contributed by atoms with Crippen LogP contribution in [0, 0.1) is 5.92 Å². The second-order valence-electron chi connectivity index (χ2n) is 6.10. The van der Waals surface area contributed by atoms with Crippen LogP contribution in [0.5, 0.6) is 0 Å². The van der Waals surface area contributed by atoms with E-state index in [0.29, 0.717) is 30.5 Å². The lowest BCUT2D eigenvalue weighted by Gasteiger charge is -2.39. The first-order chi connectivity index (χ1) is 12.7. The third kappa shape index (κ3) is 3.39. The number of hydrogen-bond donors (Lipinski definition) is 1. The van der Waals surface area contributed by atoms with Crippen LogP contribution >= 0.6 is 11.6 Å². The van der Waals surface area contributed by atoms with Crippen LogP contribution < -0.4 is 10.2 Å². The normalized spacial score (nSPS) is 14.1. The Kier molecular flexibility index (Phi) is 4.53. The molecule has 132 valence electrons. The largest absolute Gasteiger partial charge is 0.355 e. The molecule has 26 heavy (non-hydrogen) atoms. The van der Waals surface area contributed by atoms with Gasteiger partial charge >= 0.3 is 0 Å². The Bertz CT molecular complexity index is 908. The topological polar surface area (TPSA) is 75.9 Å². The van der Waals surface area contributed by atoms with Crippen LogP contribution in [0.4, 0.5) is 5.82 Å². The Hall–Kier alpha value is -2.93. The fraction of sp³-hybridized carbons (Fsp3) is 0.222. The van der Waals surface area contributed by atoms with Gasteiger partial charge in [0.25, 0.3) is 0 Å². The molecule has 0 radical (unpaired) electrons. The number of rotatable bonds is 5. The molecule has 0 atom stereocenters. The van der Waals surface area contributed by atoms with Crippen LogP contribution in [0.2, 0.25) is 5.02 Å². The van der Waals surface area contributed by atoms with E-state index < -0.39 is 0 Å². The summed E-state index contributed by atoms with van der Waals surface area (Å²) in [5.41, 5.74) is 0.915. The summed E-state index contributed by atoms with van der Waals surface area (Å²) < 4.78 is 1.68. The number of nitrogens with one attached hydrogen (secondary N) is 1. The van der Waals surface area contributed by atoms with Crippen molar-refractivity contribution in [3.05, 3.63) is 65.7 Å². The standard InChI is InChI=1S/C18H17ClN6O/c19-15-5-2-1-4-13(15)9-20-18(26)14-10-24(11-14)16-8-17(22-12-21-16)25-7-3-6-23-25/h1-8,12,14H,9-11H2,(H,20,26). The Balaban J connectivity index is 1.33. The summed E-state index contributed by atoms with van der Waals surface area (Å²) in [6.07, 6.45) is 5.04. The molecule has 1 aromatic carbocycles. The number of carbonyl (C=O) groups excluding carboxylic acids is 1. The van der Waals surface area contributed by atoms with Crippen molar-refractivity contribution in [3.8, 4) is 5.82 Å². The van der Waals surface area contributed by atoms with E-state index in [1.165, 1.54) is 6.33 Å². The highest BCUT2D eigenvalue weighted by molar-refractivity contribution is 6.31. The van der Waals surface area contributed by atoms with Crippen molar-refractivity contribution in [1.82, 2.24) is 25.1 Å². The summed E-state index contributed by atoms with van der Waals surface area (Å²) in [7, 11) is 0. The van der Waals surface area contributed by atoms with Crippen molar-refractivity contribution in [2.45, 2.75) is 6.54 Å². The second kappa shape index (κ2) is 7.13. The van der Waals surface area contributed by atoms with Gasteiger partial charge in [-0.3, -0.25) is 4.79 Å². The highest BCUT2D eigenvalue weighted by atomic mass is 35.5. The molecule has 3 aromatic rings. The van der Waals surface area contributed by atoms with Crippen molar-refractivity contribution in [2.75, 3.05) is 18.0 Å². The molecular formula is C18H17ClN6O. The Morgan fingerprint density at radius 2 is 2.00 bits per heavy atom. The monoisotopic (exact) mass is 368 g/mol. The Labute approximate surface area is 155 Å². The number of carbonyl (C=O) groups is 1. The molecule has 8 heteroatoms. The number of aromatic nitrogens is 4. The third-order valence-electron chi connectivity index (χ3n) is 4.36. The maximum Gasteiger partial charge on any atom is 0.226 e. The molecule has 1 fully saturated rings. The zero-order valence-electron chi connectivity index (χ0n) is 13.9. The van der Waals surface area contributed by atoms with E-state index >= 15 is 0 Å².